The van der Waals surface area contributed by atoms with Crippen molar-refractivity contribution in [1.29, 1.82) is 0 Å². The predicted molar refractivity (Wildman–Crippen MR) is 65.6 cm³/mol. The van der Waals surface area contributed by atoms with Gasteiger partial charge in [0, 0.05) is 11.4 Å². The van der Waals surface area contributed by atoms with Gasteiger partial charge in [-0.3, -0.25) is 4.79 Å². The highest BCUT2D eigenvalue weighted by atomic mass is 35.5. The van der Waals surface area contributed by atoms with Gasteiger partial charge in [0.2, 0.25) is 0 Å². The minimum absolute atomic E-state index is 0.0115. The van der Waals surface area contributed by atoms with Gasteiger partial charge in [0.1, 0.15) is 11.9 Å². The van der Waals surface area contributed by atoms with Gasteiger partial charge >= 0.3 is 0 Å². The van der Waals surface area contributed by atoms with Gasteiger partial charge in [0.05, 0.1) is 0 Å². The summed E-state index contributed by atoms with van der Waals surface area (Å²) in [6.45, 7) is 5.34. The van der Waals surface area contributed by atoms with E-state index in [1.807, 2.05) is 0 Å². The van der Waals surface area contributed by atoms with E-state index in [0.717, 1.165) is 6.07 Å². The van der Waals surface area contributed by atoms with E-state index in [0.29, 0.717) is 5.56 Å². The van der Waals surface area contributed by atoms with Gasteiger partial charge in [0.25, 0.3) is 0 Å². The molecule has 17 heavy (non-hydrogen) atoms. The molecule has 1 aromatic rings. The molecule has 0 aliphatic carbocycles. The van der Waals surface area contributed by atoms with E-state index in [4.69, 9.17) is 11.6 Å². The quantitative estimate of drug-likeness (QED) is 0.905. The average molecular weight is 259 g/mol. The molecule has 0 saturated carbocycles. The number of aliphatic hydroxyl groups is 1. The largest absolute Gasteiger partial charge is 0.385 e. The Hall–Kier alpha value is -0.930. The van der Waals surface area contributed by atoms with E-state index in [1.54, 1.807) is 20.8 Å². The van der Waals surface area contributed by atoms with Gasteiger partial charge in [0.15, 0.2) is 5.78 Å². The summed E-state index contributed by atoms with van der Waals surface area (Å²) in [5.41, 5.74) is 0.0187. The third kappa shape index (κ3) is 3.79. The molecule has 0 spiro atoms. The molecule has 0 aliphatic heterocycles. The number of benzene rings is 1. The standard InChI is InChI=1S/C13H16ClFO2/c1-13(2,3)12(17)11(16)6-8-4-5-9(15)7-10(8)14/h4-5,7,12,17H,6H2,1-3H3. The first-order chi connectivity index (χ1) is 7.71. The van der Waals surface area contributed by atoms with Gasteiger partial charge in [-0.15, -0.1) is 0 Å². The van der Waals surface area contributed by atoms with Crippen molar-refractivity contribution in [3.05, 3.63) is 34.6 Å². The Morgan fingerprint density at radius 1 is 1.47 bits per heavy atom. The lowest BCUT2D eigenvalue weighted by molar-refractivity contribution is -0.131. The summed E-state index contributed by atoms with van der Waals surface area (Å²) < 4.78 is 12.8. The molecule has 0 fully saturated rings. The predicted octanol–water partition coefficient (Wildman–Crippen LogP) is 3.00. The molecule has 1 aromatic carbocycles. The van der Waals surface area contributed by atoms with Crippen LogP contribution in [0.3, 0.4) is 0 Å². The molecule has 2 nitrogen and oxygen atoms in total. The highest BCUT2D eigenvalue weighted by Crippen LogP contribution is 2.23. The molecular weight excluding hydrogens is 243 g/mol. The number of Topliss-reactive ketones (excluding diaryl/α,β-unsaturated/α-hetero) is 1. The van der Waals surface area contributed by atoms with Crippen molar-refractivity contribution in [3.8, 4) is 0 Å². The lowest BCUT2D eigenvalue weighted by Gasteiger charge is -2.24. The molecule has 94 valence electrons. The first-order valence-electron chi connectivity index (χ1n) is 5.36. The van der Waals surface area contributed by atoms with Crippen molar-refractivity contribution in [2.45, 2.75) is 33.3 Å². The second-order valence-corrected chi connectivity index (χ2v) is 5.55. The molecule has 1 unspecified atom stereocenters. The van der Waals surface area contributed by atoms with Gasteiger partial charge in [-0.1, -0.05) is 38.4 Å². The first-order valence-corrected chi connectivity index (χ1v) is 5.74. The number of carbonyl (C=O) groups excluding carboxylic acids is 1. The normalized spacial score (nSPS) is 13.5. The Labute approximate surface area is 105 Å². The summed E-state index contributed by atoms with van der Waals surface area (Å²) in [5, 5.41) is 10.0. The minimum atomic E-state index is -1.05. The monoisotopic (exact) mass is 258 g/mol. The van der Waals surface area contributed by atoms with Crippen LogP contribution >= 0.6 is 11.6 Å². The fourth-order valence-electron chi connectivity index (χ4n) is 1.43. The van der Waals surface area contributed by atoms with Crippen molar-refractivity contribution in [2.75, 3.05) is 0 Å². The number of hydrogen-bond acceptors (Lipinski definition) is 2. The smallest absolute Gasteiger partial charge is 0.166 e. The molecule has 1 atom stereocenters. The van der Waals surface area contributed by atoms with Crippen LogP contribution in [0.2, 0.25) is 5.02 Å². The molecule has 0 saturated heterocycles. The van der Waals surface area contributed by atoms with E-state index in [-0.39, 0.29) is 17.2 Å². The molecular formula is C13H16ClFO2. The van der Waals surface area contributed by atoms with E-state index in [1.165, 1.54) is 12.1 Å². The van der Waals surface area contributed by atoms with E-state index in [2.05, 4.69) is 0 Å². The lowest BCUT2D eigenvalue weighted by atomic mass is 9.85. The summed E-state index contributed by atoms with van der Waals surface area (Å²) >= 11 is 5.82. The Kier molecular flexibility index (Phi) is 4.28. The average Bonchev–Trinajstić information content (AvgIpc) is 2.19. The Morgan fingerprint density at radius 3 is 2.53 bits per heavy atom. The number of carbonyl (C=O) groups is 1. The molecule has 4 heteroatoms. The summed E-state index contributed by atoms with van der Waals surface area (Å²) in [6.07, 6.45) is -1.04. The van der Waals surface area contributed by atoms with Crippen LogP contribution in [0.5, 0.6) is 0 Å². The maximum absolute atomic E-state index is 12.8. The number of hydrogen-bond donors (Lipinski definition) is 1. The van der Waals surface area contributed by atoms with Crippen molar-refractivity contribution in [2.24, 2.45) is 5.41 Å². The highest BCUT2D eigenvalue weighted by molar-refractivity contribution is 6.31. The fourth-order valence-corrected chi connectivity index (χ4v) is 1.67. The van der Waals surface area contributed by atoms with Gasteiger partial charge in [-0.25, -0.2) is 4.39 Å². The van der Waals surface area contributed by atoms with Crippen LogP contribution in [0.15, 0.2) is 18.2 Å². The number of halogens is 2. The molecule has 0 radical (unpaired) electrons. The summed E-state index contributed by atoms with van der Waals surface area (Å²) in [5.74, 6) is -0.756. The topological polar surface area (TPSA) is 37.3 Å². The summed E-state index contributed by atoms with van der Waals surface area (Å²) in [6, 6.07) is 3.87. The Bertz CT molecular complexity index is 424. The highest BCUT2D eigenvalue weighted by Gasteiger charge is 2.29. The van der Waals surface area contributed by atoms with Crippen LogP contribution in [0, 0.1) is 11.2 Å². The second kappa shape index (κ2) is 5.15. The van der Waals surface area contributed by atoms with E-state index < -0.39 is 17.3 Å². The molecule has 0 heterocycles. The minimum Gasteiger partial charge on any atom is -0.385 e. The SMILES string of the molecule is CC(C)(C)C(O)C(=O)Cc1ccc(F)cc1Cl. The van der Waals surface area contributed by atoms with Crippen LogP contribution in [0.4, 0.5) is 4.39 Å². The van der Waals surface area contributed by atoms with E-state index >= 15 is 0 Å². The summed E-state index contributed by atoms with van der Waals surface area (Å²) in [7, 11) is 0. The second-order valence-electron chi connectivity index (χ2n) is 5.15. The molecule has 1 rings (SSSR count). The molecule has 0 bridgehead atoms. The Morgan fingerprint density at radius 2 is 2.06 bits per heavy atom. The third-order valence-corrected chi connectivity index (χ3v) is 2.86. The lowest BCUT2D eigenvalue weighted by Crippen LogP contribution is -2.35. The van der Waals surface area contributed by atoms with Gasteiger partial charge in [-0.05, 0) is 23.1 Å². The molecule has 0 aliphatic rings. The molecule has 0 amide bonds. The Balaban J connectivity index is 2.82. The van der Waals surface area contributed by atoms with Crippen molar-refractivity contribution in [1.82, 2.24) is 0 Å². The third-order valence-electron chi connectivity index (χ3n) is 2.51. The van der Waals surface area contributed by atoms with Crippen LogP contribution in [-0.2, 0) is 11.2 Å². The number of aliphatic hydroxyl groups excluding tert-OH is 1. The van der Waals surface area contributed by atoms with Crippen molar-refractivity contribution in [3.63, 3.8) is 0 Å². The molecule has 1 N–H and O–H groups in total. The van der Waals surface area contributed by atoms with Crippen molar-refractivity contribution >= 4 is 17.4 Å². The zero-order valence-corrected chi connectivity index (χ0v) is 10.9. The fraction of sp³-hybridized carbons (Fsp3) is 0.462. The van der Waals surface area contributed by atoms with Crippen molar-refractivity contribution < 1.29 is 14.3 Å². The van der Waals surface area contributed by atoms with Crippen LogP contribution in [-0.4, -0.2) is 17.0 Å². The maximum Gasteiger partial charge on any atom is 0.166 e. The first kappa shape index (κ1) is 14.1. The zero-order chi connectivity index (χ0) is 13.2. The number of ketones is 1. The van der Waals surface area contributed by atoms with Crippen LogP contribution < -0.4 is 0 Å². The molecule has 0 aromatic heterocycles. The van der Waals surface area contributed by atoms with Crippen LogP contribution in [0.1, 0.15) is 26.3 Å². The van der Waals surface area contributed by atoms with Gasteiger partial charge in [-0.2, -0.15) is 0 Å². The maximum atomic E-state index is 12.8. The van der Waals surface area contributed by atoms with Gasteiger partial charge < -0.3 is 5.11 Å². The van der Waals surface area contributed by atoms with Crippen LogP contribution in [0.25, 0.3) is 0 Å². The zero-order valence-electron chi connectivity index (χ0n) is 10.1. The summed E-state index contributed by atoms with van der Waals surface area (Å²) in [4.78, 5) is 11.8. The number of rotatable bonds is 3. The van der Waals surface area contributed by atoms with E-state index in [9.17, 15) is 14.3 Å².